The molecule has 0 amide bonds. The quantitative estimate of drug-likeness (QED) is 0.444. The number of fused-ring (bicyclic) bond motifs is 1. The van der Waals surface area contributed by atoms with Crippen LogP contribution in [0.4, 0.5) is 0 Å². The van der Waals surface area contributed by atoms with Gasteiger partial charge in [0.2, 0.25) is 0 Å². The fourth-order valence-corrected chi connectivity index (χ4v) is 3.45. The average molecular weight is 357 g/mol. The summed E-state index contributed by atoms with van der Waals surface area (Å²) in [4.78, 5) is 4.34. The zero-order valence-electron chi connectivity index (χ0n) is 14.8. The lowest BCUT2D eigenvalue weighted by Crippen LogP contribution is -1.95. The van der Waals surface area contributed by atoms with Gasteiger partial charge in [0.05, 0.1) is 11.2 Å². The fraction of sp³-hybridized carbons (Fsp3) is 0.0909. The monoisotopic (exact) mass is 357 g/mol. The van der Waals surface area contributed by atoms with Crippen LogP contribution in [0.25, 0.3) is 28.7 Å². The van der Waals surface area contributed by atoms with E-state index in [-0.39, 0.29) is 0 Å². The van der Waals surface area contributed by atoms with Gasteiger partial charge < -0.3 is 0 Å². The van der Waals surface area contributed by atoms with E-state index in [2.05, 4.69) is 59.8 Å². The molecule has 3 nitrogen and oxygen atoms in total. The summed E-state index contributed by atoms with van der Waals surface area (Å²) in [5.74, 6) is 0. The van der Waals surface area contributed by atoms with Crippen molar-refractivity contribution in [3.63, 3.8) is 0 Å². The summed E-state index contributed by atoms with van der Waals surface area (Å²) in [5, 5.41) is 7.01. The van der Waals surface area contributed by atoms with Crippen LogP contribution in [0, 0.1) is 6.92 Å². The molecule has 0 saturated heterocycles. The molecular weight excluding hydrogens is 338 g/mol. The molecule has 4 heteroatoms. The van der Waals surface area contributed by atoms with Crippen molar-refractivity contribution in [1.82, 2.24) is 14.8 Å². The van der Waals surface area contributed by atoms with Gasteiger partial charge in [-0.15, -0.1) is 11.8 Å². The second kappa shape index (κ2) is 7.18. The number of hydrogen-bond acceptors (Lipinski definition) is 3. The van der Waals surface area contributed by atoms with Gasteiger partial charge in [-0.1, -0.05) is 42.5 Å². The zero-order chi connectivity index (χ0) is 17.9. The highest BCUT2D eigenvalue weighted by Gasteiger charge is 2.11. The molecule has 0 saturated carbocycles. The minimum absolute atomic E-state index is 1.03. The maximum atomic E-state index is 4.79. The number of hydrogen-bond donors (Lipinski definition) is 0. The summed E-state index contributed by atoms with van der Waals surface area (Å²) in [7, 11) is 0. The summed E-state index contributed by atoms with van der Waals surface area (Å²) >= 11 is 1.67. The molecule has 0 atom stereocenters. The van der Waals surface area contributed by atoms with Crippen LogP contribution in [0.3, 0.4) is 0 Å². The normalized spacial score (nSPS) is 11.5. The molecule has 128 valence electrons. The molecule has 2 heterocycles. The standard InChI is InChI=1S/C22H19N3S/c1-16-8-9-18(15-23-16)11-10-17-12-13-20-21(14-17)25(24-22(20)26-2)19-6-4-3-5-7-19/h3-15H,1-2H3. The van der Waals surface area contributed by atoms with Crippen molar-refractivity contribution >= 4 is 34.8 Å². The van der Waals surface area contributed by atoms with E-state index in [0.717, 1.165) is 33.1 Å². The average Bonchev–Trinajstić information content (AvgIpc) is 3.06. The minimum atomic E-state index is 1.03. The molecule has 0 unspecified atom stereocenters. The highest BCUT2D eigenvalue weighted by Crippen LogP contribution is 2.29. The van der Waals surface area contributed by atoms with Gasteiger partial charge in [-0.2, -0.15) is 5.10 Å². The molecule has 26 heavy (non-hydrogen) atoms. The fourth-order valence-electron chi connectivity index (χ4n) is 2.89. The number of rotatable bonds is 4. The number of benzene rings is 2. The lowest BCUT2D eigenvalue weighted by atomic mass is 10.1. The molecule has 0 aliphatic heterocycles. The van der Waals surface area contributed by atoms with Crippen molar-refractivity contribution in [1.29, 1.82) is 0 Å². The maximum Gasteiger partial charge on any atom is 0.126 e. The lowest BCUT2D eigenvalue weighted by molar-refractivity contribution is 0.861. The van der Waals surface area contributed by atoms with Crippen molar-refractivity contribution in [3.05, 3.63) is 83.7 Å². The molecule has 0 N–H and O–H groups in total. The summed E-state index contributed by atoms with van der Waals surface area (Å²) < 4.78 is 2.02. The van der Waals surface area contributed by atoms with Gasteiger partial charge >= 0.3 is 0 Å². The second-order valence-corrected chi connectivity index (χ2v) is 6.89. The predicted molar refractivity (Wildman–Crippen MR) is 111 cm³/mol. The van der Waals surface area contributed by atoms with Crippen LogP contribution in [0.1, 0.15) is 16.8 Å². The molecule has 0 spiro atoms. The minimum Gasteiger partial charge on any atom is -0.261 e. The first-order valence-electron chi connectivity index (χ1n) is 8.47. The summed E-state index contributed by atoms with van der Waals surface area (Å²) in [6, 6.07) is 20.8. The summed E-state index contributed by atoms with van der Waals surface area (Å²) in [6.07, 6.45) is 8.17. The highest BCUT2D eigenvalue weighted by atomic mass is 32.2. The number of thioether (sulfide) groups is 1. The molecular formula is C22H19N3S. The predicted octanol–water partition coefficient (Wildman–Crippen LogP) is 5.62. The number of pyridine rings is 1. The van der Waals surface area contributed by atoms with E-state index in [4.69, 9.17) is 5.10 Å². The smallest absolute Gasteiger partial charge is 0.126 e. The van der Waals surface area contributed by atoms with Crippen LogP contribution >= 0.6 is 11.8 Å². The van der Waals surface area contributed by atoms with Crippen molar-refractivity contribution in [2.75, 3.05) is 6.26 Å². The Balaban J connectivity index is 1.77. The van der Waals surface area contributed by atoms with E-state index < -0.39 is 0 Å². The Morgan fingerprint density at radius 1 is 0.923 bits per heavy atom. The zero-order valence-corrected chi connectivity index (χ0v) is 15.6. The van der Waals surface area contributed by atoms with Crippen LogP contribution in [0.2, 0.25) is 0 Å². The van der Waals surface area contributed by atoms with Crippen LogP contribution in [-0.2, 0) is 0 Å². The van der Waals surface area contributed by atoms with E-state index in [1.807, 2.05) is 42.1 Å². The number of aromatic nitrogens is 3. The molecule has 0 aliphatic rings. The van der Waals surface area contributed by atoms with Crippen molar-refractivity contribution in [2.24, 2.45) is 0 Å². The third kappa shape index (κ3) is 3.28. The molecule has 0 fully saturated rings. The van der Waals surface area contributed by atoms with E-state index in [1.54, 1.807) is 11.8 Å². The first-order chi connectivity index (χ1) is 12.7. The van der Waals surface area contributed by atoms with E-state index in [9.17, 15) is 0 Å². The summed E-state index contributed by atoms with van der Waals surface area (Å²) in [5.41, 5.74) is 5.45. The molecule has 4 rings (SSSR count). The molecule has 2 aromatic heterocycles. The first-order valence-corrected chi connectivity index (χ1v) is 9.70. The van der Waals surface area contributed by atoms with Crippen molar-refractivity contribution in [2.45, 2.75) is 11.9 Å². The van der Waals surface area contributed by atoms with Gasteiger partial charge in [-0.25, -0.2) is 4.68 Å². The van der Waals surface area contributed by atoms with Crippen LogP contribution in [-0.4, -0.2) is 21.0 Å². The van der Waals surface area contributed by atoms with Gasteiger partial charge in [0.25, 0.3) is 0 Å². The Bertz CT molecular complexity index is 1060. The maximum absolute atomic E-state index is 4.79. The van der Waals surface area contributed by atoms with E-state index >= 15 is 0 Å². The molecule has 2 aromatic carbocycles. The molecule has 0 aliphatic carbocycles. The van der Waals surface area contributed by atoms with Crippen molar-refractivity contribution < 1.29 is 0 Å². The van der Waals surface area contributed by atoms with Gasteiger partial charge in [-0.05, 0) is 54.6 Å². The van der Waals surface area contributed by atoms with E-state index in [1.165, 1.54) is 5.39 Å². The number of para-hydroxylation sites is 1. The third-order valence-corrected chi connectivity index (χ3v) is 4.96. The third-order valence-electron chi connectivity index (χ3n) is 4.27. The molecule has 0 radical (unpaired) electrons. The number of nitrogens with zero attached hydrogens (tertiary/aromatic N) is 3. The van der Waals surface area contributed by atoms with Crippen LogP contribution in [0.15, 0.2) is 71.9 Å². The van der Waals surface area contributed by atoms with Crippen LogP contribution < -0.4 is 0 Å². The van der Waals surface area contributed by atoms with Crippen LogP contribution in [0.5, 0.6) is 0 Å². The second-order valence-electron chi connectivity index (χ2n) is 6.10. The van der Waals surface area contributed by atoms with Gasteiger partial charge in [0.15, 0.2) is 0 Å². The molecule has 4 aromatic rings. The Labute approximate surface area is 157 Å². The van der Waals surface area contributed by atoms with Gasteiger partial charge in [0.1, 0.15) is 5.03 Å². The Morgan fingerprint density at radius 2 is 1.69 bits per heavy atom. The Kier molecular flexibility index (Phi) is 4.59. The topological polar surface area (TPSA) is 30.7 Å². The van der Waals surface area contributed by atoms with Gasteiger partial charge in [-0.3, -0.25) is 4.98 Å². The summed E-state index contributed by atoms with van der Waals surface area (Å²) in [6.45, 7) is 2.00. The highest BCUT2D eigenvalue weighted by molar-refractivity contribution is 7.98. The van der Waals surface area contributed by atoms with Crippen molar-refractivity contribution in [3.8, 4) is 5.69 Å². The van der Waals surface area contributed by atoms with E-state index in [0.29, 0.717) is 0 Å². The SMILES string of the molecule is CSc1nn(-c2ccccc2)c2cc(C=Cc3ccc(C)nc3)ccc12. The first kappa shape index (κ1) is 16.6. The largest absolute Gasteiger partial charge is 0.261 e. The number of aryl methyl sites for hydroxylation is 1. The lowest BCUT2D eigenvalue weighted by Gasteiger charge is -2.03. The molecule has 0 bridgehead atoms. The van der Waals surface area contributed by atoms with Gasteiger partial charge in [0, 0.05) is 17.3 Å². The Hall–Kier alpha value is -2.85. The Morgan fingerprint density at radius 3 is 2.42 bits per heavy atom.